The standard InChI is InChI=1S/C23H29N3OS2/c1-6-28-19-10-8-18(9-11-19)22(27)26(13-7-12-25(4)5)23-24-20-14-16(2)17(3)15-21(20)29-23/h8-11,14-15H,6-7,12-13H2,1-5H3. The first-order chi connectivity index (χ1) is 13.9. The Bertz CT molecular complexity index is 941. The number of rotatable bonds is 8. The highest BCUT2D eigenvalue weighted by Gasteiger charge is 2.21. The summed E-state index contributed by atoms with van der Waals surface area (Å²) in [5, 5.41) is 0.778. The molecule has 0 fully saturated rings. The minimum atomic E-state index is 0.0179. The van der Waals surface area contributed by atoms with Gasteiger partial charge in [-0.2, -0.15) is 0 Å². The van der Waals surface area contributed by atoms with Crippen molar-refractivity contribution in [2.24, 2.45) is 0 Å². The molecule has 4 nitrogen and oxygen atoms in total. The Kier molecular flexibility index (Phi) is 7.33. The van der Waals surface area contributed by atoms with Gasteiger partial charge >= 0.3 is 0 Å². The van der Waals surface area contributed by atoms with Crippen molar-refractivity contribution in [2.45, 2.75) is 32.1 Å². The molecule has 29 heavy (non-hydrogen) atoms. The Morgan fingerprint density at radius 1 is 1.07 bits per heavy atom. The summed E-state index contributed by atoms with van der Waals surface area (Å²) in [5.41, 5.74) is 4.15. The van der Waals surface area contributed by atoms with E-state index < -0.39 is 0 Å². The van der Waals surface area contributed by atoms with Crippen LogP contribution in [0.25, 0.3) is 10.2 Å². The van der Waals surface area contributed by atoms with Crippen LogP contribution in [0.15, 0.2) is 41.3 Å². The van der Waals surface area contributed by atoms with Crippen LogP contribution < -0.4 is 4.90 Å². The van der Waals surface area contributed by atoms with Gasteiger partial charge < -0.3 is 4.90 Å². The van der Waals surface area contributed by atoms with Gasteiger partial charge in [0, 0.05) is 17.0 Å². The first kappa shape index (κ1) is 21.8. The number of hydrogen-bond donors (Lipinski definition) is 0. The van der Waals surface area contributed by atoms with Gasteiger partial charge in [-0.3, -0.25) is 9.69 Å². The third-order valence-electron chi connectivity index (χ3n) is 4.87. The maximum Gasteiger partial charge on any atom is 0.260 e. The van der Waals surface area contributed by atoms with Gasteiger partial charge in [0.1, 0.15) is 0 Å². The molecular weight excluding hydrogens is 398 g/mol. The fraction of sp³-hybridized carbons (Fsp3) is 0.391. The largest absolute Gasteiger partial charge is 0.309 e. The van der Waals surface area contributed by atoms with Crippen molar-refractivity contribution in [1.82, 2.24) is 9.88 Å². The van der Waals surface area contributed by atoms with Crippen molar-refractivity contribution in [3.63, 3.8) is 0 Å². The van der Waals surface area contributed by atoms with E-state index in [1.54, 1.807) is 23.1 Å². The van der Waals surface area contributed by atoms with Gasteiger partial charge in [-0.1, -0.05) is 18.3 Å². The number of thiazole rings is 1. The van der Waals surface area contributed by atoms with Crippen LogP contribution >= 0.6 is 23.1 Å². The fourth-order valence-electron chi connectivity index (χ4n) is 3.13. The highest BCUT2D eigenvalue weighted by atomic mass is 32.2. The number of thioether (sulfide) groups is 1. The summed E-state index contributed by atoms with van der Waals surface area (Å²) in [6.45, 7) is 7.93. The molecule has 0 bridgehead atoms. The first-order valence-corrected chi connectivity index (χ1v) is 11.8. The van der Waals surface area contributed by atoms with Crippen LogP contribution in [0.1, 0.15) is 34.8 Å². The van der Waals surface area contributed by atoms with Crippen molar-refractivity contribution >= 4 is 44.4 Å². The van der Waals surface area contributed by atoms with Crippen LogP contribution in [-0.4, -0.2) is 48.7 Å². The Morgan fingerprint density at radius 2 is 1.76 bits per heavy atom. The summed E-state index contributed by atoms with van der Waals surface area (Å²) in [4.78, 5) is 23.4. The molecule has 0 unspecified atom stereocenters. The zero-order chi connectivity index (χ0) is 21.0. The van der Waals surface area contributed by atoms with Gasteiger partial charge in [0.15, 0.2) is 5.13 Å². The zero-order valence-corrected chi connectivity index (χ0v) is 19.5. The number of benzene rings is 2. The molecule has 0 saturated carbocycles. The van der Waals surface area contributed by atoms with Gasteiger partial charge in [0.25, 0.3) is 5.91 Å². The molecule has 0 aliphatic carbocycles. The number of nitrogens with zero attached hydrogens (tertiary/aromatic N) is 3. The van der Waals surface area contributed by atoms with E-state index in [-0.39, 0.29) is 5.91 Å². The average molecular weight is 428 g/mol. The van der Waals surface area contributed by atoms with Crippen LogP contribution in [0.4, 0.5) is 5.13 Å². The molecule has 0 saturated heterocycles. The van der Waals surface area contributed by atoms with E-state index in [4.69, 9.17) is 4.98 Å². The van der Waals surface area contributed by atoms with E-state index in [9.17, 15) is 4.79 Å². The zero-order valence-electron chi connectivity index (χ0n) is 17.9. The second-order valence-electron chi connectivity index (χ2n) is 7.47. The number of fused-ring (bicyclic) bond motifs is 1. The van der Waals surface area contributed by atoms with E-state index in [1.165, 1.54) is 16.0 Å². The second kappa shape index (κ2) is 9.74. The fourth-order valence-corrected chi connectivity index (χ4v) is 4.86. The van der Waals surface area contributed by atoms with Gasteiger partial charge in [-0.25, -0.2) is 4.98 Å². The smallest absolute Gasteiger partial charge is 0.260 e. The van der Waals surface area contributed by atoms with Crippen molar-refractivity contribution in [3.8, 4) is 0 Å². The van der Waals surface area contributed by atoms with Gasteiger partial charge in [-0.05, 0) is 94.2 Å². The highest BCUT2D eigenvalue weighted by Crippen LogP contribution is 2.32. The quantitative estimate of drug-likeness (QED) is 0.437. The van der Waals surface area contributed by atoms with Crippen LogP contribution in [0, 0.1) is 13.8 Å². The predicted molar refractivity (Wildman–Crippen MR) is 127 cm³/mol. The maximum atomic E-state index is 13.4. The molecule has 1 aromatic heterocycles. The van der Waals surface area contributed by atoms with E-state index >= 15 is 0 Å². The lowest BCUT2D eigenvalue weighted by Crippen LogP contribution is -2.33. The van der Waals surface area contributed by atoms with E-state index in [2.05, 4.69) is 51.9 Å². The predicted octanol–water partition coefficient (Wildman–Crippen LogP) is 5.62. The number of hydrogen-bond acceptors (Lipinski definition) is 5. The summed E-state index contributed by atoms with van der Waals surface area (Å²) in [6, 6.07) is 12.2. The second-order valence-corrected chi connectivity index (χ2v) is 9.82. The number of aryl methyl sites for hydroxylation is 2. The van der Waals surface area contributed by atoms with Crippen molar-refractivity contribution in [3.05, 3.63) is 53.1 Å². The molecule has 0 aliphatic rings. The van der Waals surface area contributed by atoms with Crippen molar-refractivity contribution in [1.29, 1.82) is 0 Å². The van der Waals surface area contributed by atoms with Gasteiger partial charge in [0.05, 0.1) is 10.2 Å². The molecule has 0 radical (unpaired) electrons. The minimum absolute atomic E-state index is 0.0179. The van der Waals surface area contributed by atoms with Crippen LogP contribution in [0.5, 0.6) is 0 Å². The molecule has 2 aromatic carbocycles. The number of anilines is 1. The number of carbonyl (C=O) groups excluding carboxylic acids is 1. The Balaban J connectivity index is 1.92. The molecule has 0 aliphatic heterocycles. The topological polar surface area (TPSA) is 36.4 Å². The molecular formula is C23H29N3OS2. The third kappa shape index (κ3) is 5.38. The molecule has 1 amide bonds. The van der Waals surface area contributed by atoms with Crippen molar-refractivity contribution in [2.75, 3.05) is 37.8 Å². The summed E-state index contributed by atoms with van der Waals surface area (Å²) < 4.78 is 1.13. The lowest BCUT2D eigenvalue weighted by atomic mass is 10.1. The van der Waals surface area contributed by atoms with E-state index in [1.807, 2.05) is 29.2 Å². The summed E-state index contributed by atoms with van der Waals surface area (Å²) in [5.74, 6) is 1.04. The SMILES string of the molecule is CCSc1ccc(C(=O)N(CCCN(C)C)c2nc3cc(C)c(C)cc3s2)cc1. The molecule has 0 atom stereocenters. The Labute approximate surface area is 181 Å². The Hall–Kier alpha value is -1.89. The van der Waals surface area contributed by atoms with Crippen LogP contribution in [0.3, 0.4) is 0 Å². The highest BCUT2D eigenvalue weighted by molar-refractivity contribution is 7.99. The molecule has 3 aromatic rings. The third-order valence-corrected chi connectivity index (χ3v) is 6.80. The minimum Gasteiger partial charge on any atom is -0.309 e. The first-order valence-electron chi connectivity index (χ1n) is 9.96. The van der Waals surface area contributed by atoms with Crippen molar-refractivity contribution < 1.29 is 4.79 Å². The van der Waals surface area contributed by atoms with Crippen LogP contribution in [-0.2, 0) is 0 Å². The molecule has 3 rings (SSSR count). The summed E-state index contributed by atoms with van der Waals surface area (Å²) >= 11 is 3.38. The monoisotopic (exact) mass is 427 g/mol. The Morgan fingerprint density at radius 3 is 2.41 bits per heavy atom. The van der Waals surface area contributed by atoms with Gasteiger partial charge in [-0.15, -0.1) is 11.8 Å². The summed E-state index contributed by atoms with van der Waals surface area (Å²) in [7, 11) is 4.11. The average Bonchev–Trinajstić information content (AvgIpc) is 3.08. The van der Waals surface area contributed by atoms with E-state index in [0.717, 1.165) is 34.1 Å². The number of aromatic nitrogens is 1. The molecule has 154 valence electrons. The number of amides is 1. The lowest BCUT2D eigenvalue weighted by molar-refractivity contribution is 0.0986. The molecule has 0 N–H and O–H groups in total. The summed E-state index contributed by atoms with van der Waals surface area (Å²) in [6.07, 6.45) is 0.899. The maximum absolute atomic E-state index is 13.4. The molecule has 6 heteroatoms. The lowest BCUT2D eigenvalue weighted by Gasteiger charge is -2.21. The van der Waals surface area contributed by atoms with E-state index in [0.29, 0.717) is 12.1 Å². The molecule has 1 heterocycles. The van der Waals surface area contributed by atoms with Crippen LogP contribution in [0.2, 0.25) is 0 Å². The molecule has 0 spiro atoms. The number of carbonyl (C=O) groups is 1. The normalized spacial score (nSPS) is 11.4. The van der Waals surface area contributed by atoms with Gasteiger partial charge in [0.2, 0.25) is 0 Å².